The number of ether oxygens (including phenoxy) is 2. The van der Waals surface area contributed by atoms with E-state index in [9.17, 15) is 4.79 Å². The van der Waals surface area contributed by atoms with Gasteiger partial charge >= 0.3 is 6.09 Å². The number of nitrogens with zero attached hydrogens (tertiary/aromatic N) is 1. The molecule has 1 aliphatic heterocycles. The van der Waals surface area contributed by atoms with Crippen LogP contribution < -0.4 is 15.0 Å². The lowest BCUT2D eigenvalue weighted by molar-refractivity contribution is 0.142. The number of nitrogens with one attached hydrogen (secondary N) is 1. The van der Waals surface area contributed by atoms with Gasteiger partial charge in [-0.25, -0.2) is 4.79 Å². The number of methoxy groups -OCH3 is 1. The highest BCUT2D eigenvalue weighted by molar-refractivity contribution is 5.90. The van der Waals surface area contributed by atoms with E-state index in [-0.39, 0.29) is 6.09 Å². The molecule has 5 nitrogen and oxygen atoms in total. The average Bonchev–Trinajstić information content (AvgIpc) is 2.57. The summed E-state index contributed by atoms with van der Waals surface area (Å²) in [6.07, 6.45) is -0.305. The lowest BCUT2D eigenvalue weighted by Crippen LogP contribution is -2.38. The molecule has 2 aromatic carbocycles. The molecule has 0 aliphatic carbocycles. The first-order valence-corrected chi connectivity index (χ1v) is 7.18. The summed E-state index contributed by atoms with van der Waals surface area (Å²) in [5, 5.41) is 3.29. The van der Waals surface area contributed by atoms with Crippen molar-refractivity contribution in [2.45, 2.75) is 6.61 Å². The molecule has 0 aromatic heterocycles. The number of hydrogen-bond acceptors (Lipinski definition) is 4. The molecule has 1 aliphatic rings. The van der Waals surface area contributed by atoms with Gasteiger partial charge in [0, 0.05) is 18.7 Å². The Labute approximate surface area is 129 Å². The van der Waals surface area contributed by atoms with Crippen molar-refractivity contribution in [3.05, 3.63) is 54.1 Å². The average molecular weight is 298 g/mol. The maximum Gasteiger partial charge on any atom is 0.414 e. The molecule has 1 amide bonds. The number of benzene rings is 2. The number of carbonyl (C=O) groups excluding carboxylic acids is 1. The summed E-state index contributed by atoms with van der Waals surface area (Å²) in [7, 11) is 1.64. The minimum Gasteiger partial charge on any atom is -0.495 e. The van der Waals surface area contributed by atoms with Gasteiger partial charge < -0.3 is 14.8 Å². The van der Waals surface area contributed by atoms with Crippen molar-refractivity contribution in [1.82, 2.24) is 0 Å². The van der Waals surface area contributed by atoms with Gasteiger partial charge in [-0.05, 0) is 18.2 Å². The maximum absolute atomic E-state index is 12.0. The molecule has 0 atom stereocenters. The predicted octanol–water partition coefficient (Wildman–Crippen LogP) is 3.26. The second-order valence-electron chi connectivity index (χ2n) is 4.96. The highest BCUT2D eigenvalue weighted by atomic mass is 16.6. The number of cyclic esters (lactones) is 1. The largest absolute Gasteiger partial charge is 0.495 e. The van der Waals surface area contributed by atoms with Crippen LogP contribution in [-0.4, -0.2) is 26.3 Å². The molecule has 0 spiro atoms. The summed E-state index contributed by atoms with van der Waals surface area (Å²) >= 11 is 0. The highest BCUT2D eigenvalue weighted by Gasteiger charge is 2.24. The molecule has 0 unspecified atom stereocenters. The van der Waals surface area contributed by atoms with E-state index >= 15 is 0 Å². The lowest BCUT2D eigenvalue weighted by Gasteiger charge is -2.29. The zero-order valence-corrected chi connectivity index (χ0v) is 12.4. The first kappa shape index (κ1) is 14.3. The van der Waals surface area contributed by atoms with Gasteiger partial charge in [0.15, 0.2) is 0 Å². The smallest absolute Gasteiger partial charge is 0.414 e. The van der Waals surface area contributed by atoms with Crippen molar-refractivity contribution >= 4 is 17.5 Å². The molecule has 2 aromatic rings. The summed E-state index contributed by atoms with van der Waals surface area (Å²) in [4.78, 5) is 13.6. The molecule has 0 saturated heterocycles. The van der Waals surface area contributed by atoms with E-state index in [1.807, 2.05) is 48.5 Å². The summed E-state index contributed by atoms with van der Waals surface area (Å²) in [5.41, 5.74) is 2.85. The van der Waals surface area contributed by atoms with Gasteiger partial charge in [0.05, 0.1) is 18.5 Å². The normalized spacial score (nSPS) is 13.3. The monoisotopic (exact) mass is 298 g/mol. The quantitative estimate of drug-likeness (QED) is 0.920. The molecule has 114 valence electrons. The number of para-hydroxylation sites is 3. The van der Waals surface area contributed by atoms with Crippen molar-refractivity contribution in [3.63, 3.8) is 0 Å². The van der Waals surface area contributed by atoms with Crippen LogP contribution in [0.2, 0.25) is 0 Å². The van der Waals surface area contributed by atoms with Crippen LogP contribution in [0.1, 0.15) is 5.56 Å². The molecular formula is C17H18N2O3. The summed E-state index contributed by atoms with van der Waals surface area (Å²) in [6, 6.07) is 15.5. The standard InChI is InChI=1S/C17H18N2O3/c1-21-16-9-5-3-7-14(16)18-10-11-19-15-8-4-2-6-13(15)12-22-17(19)20/h2-9,18H,10-12H2,1H3. The van der Waals surface area contributed by atoms with Crippen molar-refractivity contribution in [1.29, 1.82) is 0 Å². The van der Waals surface area contributed by atoms with Gasteiger partial charge in [0.2, 0.25) is 0 Å². The van der Waals surface area contributed by atoms with Gasteiger partial charge in [0.1, 0.15) is 12.4 Å². The van der Waals surface area contributed by atoms with Gasteiger partial charge in [-0.15, -0.1) is 0 Å². The Morgan fingerprint density at radius 1 is 1.18 bits per heavy atom. The fraction of sp³-hybridized carbons (Fsp3) is 0.235. The van der Waals surface area contributed by atoms with Crippen molar-refractivity contribution in [3.8, 4) is 5.75 Å². The van der Waals surface area contributed by atoms with Crippen molar-refractivity contribution in [2.24, 2.45) is 0 Å². The Kier molecular flexibility index (Phi) is 4.14. The Balaban J connectivity index is 1.68. The minimum absolute atomic E-state index is 0.305. The fourth-order valence-electron chi connectivity index (χ4n) is 2.52. The zero-order valence-electron chi connectivity index (χ0n) is 12.4. The number of amides is 1. The molecule has 1 heterocycles. The number of rotatable bonds is 5. The Morgan fingerprint density at radius 3 is 2.82 bits per heavy atom. The fourth-order valence-corrected chi connectivity index (χ4v) is 2.52. The zero-order chi connectivity index (χ0) is 15.4. The van der Waals surface area contributed by atoms with Gasteiger partial charge in [0.25, 0.3) is 0 Å². The van der Waals surface area contributed by atoms with Crippen molar-refractivity contribution < 1.29 is 14.3 Å². The number of carbonyl (C=O) groups is 1. The van der Waals surface area contributed by atoms with Crippen LogP contribution in [-0.2, 0) is 11.3 Å². The van der Waals surface area contributed by atoms with Crippen molar-refractivity contribution in [2.75, 3.05) is 30.4 Å². The van der Waals surface area contributed by atoms with Crippen LogP contribution in [0.15, 0.2) is 48.5 Å². The third kappa shape index (κ3) is 2.83. The Morgan fingerprint density at radius 2 is 1.95 bits per heavy atom. The van der Waals surface area contributed by atoms with Crippen LogP contribution in [0.3, 0.4) is 0 Å². The molecule has 1 N–H and O–H groups in total. The minimum atomic E-state index is -0.305. The highest BCUT2D eigenvalue weighted by Crippen LogP contribution is 2.27. The van der Waals surface area contributed by atoms with E-state index in [1.54, 1.807) is 12.0 Å². The number of anilines is 2. The SMILES string of the molecule is COc1ccccc1NCCN1C(=O)OCc2ccccc21. The van der Waals surface area contributed by atoms with E-state index < -0.39 is 0 Å². The molecule has 3 rings (SSSR count). The number of fused-ring (bicyclic) bond motifs is 1. The topological polar surface area (TPSA) is 50.8 Å². The van der Waals surface area contributed by atoms with E-state index in [4.69, 9.17) is 9.47 Å². The first-order valence-electron chi connectivity index (χ1n) is 7.18. The molecule has 0 bridgehead atoms. The van der Waals surface area contributed by atoms with Crippen LogP contribution in [0.5, 0.6) is 5.75 Å². The van der Waals surface area contributed by atoms with E-state index in [1.165, 1.54) is 0 Å². The Bertz CT molecular complexity index is 672. The van der Waals surface area contributed by atoms with Crippen LogP contribution >= 0.6 is 0 Å². The third-order valence-electron chi connectivity index (χ3n) is 3.61. The molecular weight excluding hydrogens is 280 g/mol. The second-order valence-corrected chi connectivity index (χ2v) is 4.96. The molecule has 0 radical (unpaired) electrons. The lowest BCUT2D eigenvalue weighted by atomic mass is 10.1. The molecule has 0 saturated carbocycles. The van der Waals surface area contributed by atoms with E-state index in [0.717, 1.165) is 22.7 Å². The van der Waals surface area contributed by atoms with Crippen LogP contribution in [0.4, 0.5) is 16.2 Å². The van der Waals surface area contributed by atoms with Crippen LogP contribution in [0, 0.1) is 0 Å². The third-order valence-corrected chi connectivity index (χ3v) is 3.61. The summed E-state index contributed by atoms with van der Waals surface area (Å²) in [5.74, 6) is 0.782. The van der Waals surface area contributed by atoms with Gasteiger partial charge in [-0.2, -0.15) is 0 Å². The first-order chi connectivity index (χ1) is 10.8. The van der Waals surface area contributed by atoms with Crippen LogP contribution in [0.25, 0.3) is 0 Å². The summed E-state index contributed by atoms with van der Waals surface area (Å²) < 4.78 is 10.5. The van der Waals surface area contributed by atoms with E-state index in [2.05, 4.69) is 5.32 Å². The Hall–Kier alpha value is -2.69. The maximum atomic E-state index is 12.0. The second kappa shape index (κ2) is 6.39. The predicted molar refractivity (Wildman–Crippen MR) is 85.5 cm³/mol. The van der Waals surface area contributed by atoms with Gasteiger partial charge in [-0.3, -0.25) is 4.90 Å². The van der Waals surface area contributed by atoms with E-state index in [0.29, 0.717) is 19.7 Å². The van der Waals surface area contributed by atoms with Gasteiger partial charge in [-0.1, -0.05) is 30.3 Å². The molecule has 0 fully saturated rings. The number of hydrogen-bond donors (Lipinski definition) is 1. The summed E-state index contributed by atoms with van der Waals surface area (Å²) in [6.45, 7) is 1.46. The molecule has 22 heavy (non-hydrogen) atoms. The molecule has 5 heteroatoms.